The van der Waals surface area contributed by atoms with Crippen LogP contribution in [-0.4, -0.2) is 20.8 Å². The van der Waals surface area contributed by atoms with E-state index in [1.807, 2.05) is 30.3 Å². The summed E-state index contributed by atoms with van der Waals surface area (Å²) in [6.45, 7) is 0.615. The molecule has 4 nitrogen and oxygen atoms in total. The molecule has 2 aliphatic heterocycles. The predicted molar refractivity (Wildman–Crippen MR) is 77.6 cm³/mol. The van der Waals surface area contributed by atoms with Crippen LogP contribution in [0.25, 0.3) is 0 Å². The molecule has 108 valence electrons. The Morgan fingerprint density at radius 1 is 0.905 bits per heavy atom. The van der Waals surface area contributed by atoms with Crippen molar-refractivity contribution in [3.63, 3.8) is 0 Å². The van der Waals surface area contributed by atoms with Crippen LogP contribution in [0.4, 0.5) is 0 Å². The zero-order valence-corrected chi connectivity index (χ0v) is 12.0. The Kier molecular flexibility index (Phi) is 2.70. The molecule has 0 aromatic heterocycles. The normalized spacial score (nSPS) is 21.4. The van der Waals surface area contributed by atoms with Crippen LogP contribution >= 0.6 is 0 Å². The molecule has 2 aromatic rings. The minimum atomic E-state index is 0.00163. The molecular formula is C17H16O4. The topological polar surface area (TPSA) is 36.9 Å². The van der Waals surface area contributed by atoms with Gasteiger partial charge in [0.25, 0.3) is 0 Å². The van der Waals surface area contributed by atoms with Crippen LogP contribution in [0.15, 0.2) is 36.4 Å². The van der Waals surface area contributed by atoms with Gasteiger partial charge in [-0.2, -0.15) is 0 Å². The van der Waals surface area contributed by atoms with Gasteiger partial charge in [-0.3, -0.25) is 0 Å². The summed E-state index contributed by atoms with van der Waals surface area (Å²) in [5, 5.41) is 0. The Labute approximate surface area is 123 Å². The minimum absolute atomic E-state index is 0.00163. The Bertz CT molecular complexity index is 695. The highest BCUT2D eigenvalue weighted by Gasteiger charge is 2.40. The Morgan fingerprint density at radius 3 is 2.29 bits per heavy atom. The van der Waals surface area contributed by atoms with Gasteiger partial charge >= 0.3 is 0 Å². The second-order valence-corrected chi connectivity index (χ2v) is 5.26. The number of hydrogen-bond acceptors (Lipinski definition) is 4. The summed E-state index contributed by atoms with van der Waals surface area (Å²) in [6, 6.07) is 11.9. The van der Waals surface area contributed by atoms with Crippen LogP contribution < -0.4 is 18.9 Å². The molecule has 0 aliphatic carbocycles. The van der Waals surface area contributed by atoms with E-state index >= 15 is 0 Å². The summed E-state index contributed by atoms with van der Waals surface area (Å²) in [7, 11) is 3.32. The molecular weight excluding hydrogens is 268 g/mol. The Hall–Kier alpha value is -2.36. The summed E-state index contributed by atoms with van der Waals surface area (Å²) < 4.78 is 22.6. The first-order chi connectivity index (χ1) is 10.3. The van der Waals surface area contributed by atoms with Crippen molar-refractivity contribution >= 4 is 0 Å². The van der Waals surface area contributed by atoms with Gasteiger partial charge in [-0.15, -0.1) is 0 Å². The van der Waals surface area contributed by atoms with E-state index < -0.39 is 0 Å². The maximum absolute atomic E-state index is 6.15. The van der Waals surface area contributed by atoms with Crippen molar-refractivity contribution in [1.29, 1.82) is 0 Å². The molecule has 4 heteroatoms. The van der Waals surface area contributed by atoms with Crippen molar-refractivity contribution in [2.75, 3.05) is 20.8 Å². The lowest BCUT2D eigenvalue weighted by Crippen LogP contribution is -2.23. The van der Waals surface area contributed by atoms with E-state index in [4.69, 9.17) is 18.9 Å². The van der Waals surface area contributed by atoms with Crippen LogP contribution in [0.1, 0.15) is 23.1 Å². The predicted octanol–water partition coefficient (Wildman–Crippen LogP) is 3.31. The summed E-state index contributed by atoms with van der Waals surface area (Å²) in [5.74, 6) is 3.56. The Balaban J connectivity index is 1.74. The van der Waals surface area contributed by atoms with E-state index in [0.29, 0.717) is 6.61 Å². The van der Waals surface area contributed by atoms with Crippen molar-refractivity contribution in [3.8, 4) is 23.0 Å². The standard InChI is InChI=1S/C17H16O4/c1-18-10-4-6-13-15(7-10)20-9-14-12-5-3-11(19-2)8-16(12)21-17(13)14/h3-8,14,17H,9H2,1-2H3/t14?,17-/m1/s1. The monoisotopic (exact) mass is 284 g/mol. The highest BCUT2D eigenvalue weighted by Crippen LogP contribution is 2.52. The van der Waals surface area contributed by atoms with Gasteiger partial charge in [0.2, 0.25) is 0 Å². The van der Waals surface area contributed by atoms with E-state index in [1.54, 1.807) is 14.2 Å². The van der Waals surface area contributed by atoms with Crippen LogP contribution in [-0.2, 0) is 0 Å². The largest absolute Gasteiger partial charge is 0.497 e. The van der Waals surface area contributed by atoms with Crippen molar-refractivity contribution in [1.82, 2.24) is 0 Å². The molecule has 2 aromatic carbocycles. The van der Waals surface area contributed by atoms with Gasteiger partial charge in [-0.25, -0.2) is 0 Å². The van der Waals surface area contributed by atoms with Crippen LogP contribution in [0.2, 0.25) is 0 Å². The molecule has 0 saturated heterocycles. The number of ether oxygens (including phenoxy) is 4. The van der Waals surface area contributed by atoms with Crippen LogP contribution in [0.3, 0.4) is 0 Å². The van der Waals surface area contributed by atoms with E-state index in [9.17, 15) is 0 Å². The van der Waals surface area contributed by atoms with E-state index in [-0.39, 0.29) is 12.0 Å². The smallest absolute Gasteiger partial charge is 0.138 e. The zero-order chi connectivity index (χ0) is 14.4. The SMILES string of the molecule is COc1ccc2c(c1)O[C@@H]1c3ccc(OC)cc3OCC21. The molecule has 0 amide bonds. The lowest BCUT2D eigenvalue weighted by molar-refractivity contribution is 0.139. The van der Waals surface area contributed by atoms with Crippen molar-refractivity contribution < 1.29 is 18.9 Å². The van der Waals surface area contributed by atoms with E-state index in [0.717, 1.165) is 28.6 Å². The molecule has 4 rings (SSSR count). The second-order valence-electron chi connectivity index (χ2n) is 5.26. The molecule has 2 heterocycles. The zero-order valence-electron chi connectivity index (χ0n) is 12.0. The maximum Gasteiger partial charge on any atom is 0.138 e. The molecule has 0 fully saturated rings. The molecule has 1 unspecified atom stereocenters. The van der Waals surface area contributed by atoms with Gasteiger partial charge in [0.15, 0.2) is 0 Å². The minimum Gasteiger partial charge on any atom is -0.497 e. The van der Waals surface area contributed by atoms with Crippen LogP contribution in [0.5, 0.6) is 23.0 Å². The number of hydrogen-bond donors (Lipinski definition) is 0. The first-order valence-corrected chi connectivity index (χ1v) is 6.95. The number of fused-ring (bicyclic) bond motifs is 5. The summed E-state index contributed by atoms with van der Waals surface area (Å²) in [5.41, 5.74) is 2.25. The maximum atomic E-state index is 6.15. The van der Waals surface area contributed by atoms with Gasteiger partial charge in [-0.05, 0) is 18.2 Å². The third-order valence-electron chi connectivity index (χ3n) is 4.19. The highest BCUT2D eigenvalue weighted by atomic mass is 16.5. The quantitative estimate of drug-likeness (QED) is 0.847. The molecule has 0 N–H and O–H groups in total. The molecule has 0 spiro atoms. The first kappa shape index (κ1) is 12.4. The third-order valence-corrected chi connectivity index (χ3v) is 4.19. The fourth-order valence-electron chi connectivity index (χ4n) is 3.07. The van der Waals surface area contributed by atoms with Gasteiger partial charge in [-0.1, -0.05) is 6.07 Å². The first-order valence-electron chi connectivity index (χ1n) is 6.95. The summed E-state index contributed by atoms with van der Waals surface area (Å²) >= 11 is 0. The average Bonchev–Trinajstić information content (AvgIpc) is 2.92. The second kappa shape index (κ2) is 4.58. The third kappa shape index (κ3) is 1.82. The van der Waals surface area contributed by atoms with Gasteiger partial charge in [0.1, 0.15) is 29.1 Å². The average molecular weight is 284 g/mol. The van der Waals surface area contributed by atoms with E-state index in [2.05, 4.69) is 6.07 Å². The molecule has 2 aliphatic rings. The fourth-order valence-corrected chi connectivity index (χ4v) is 3.07. The number of rotatable bonds is 2. The molecule has 2 atom stereocenters. The highest BCUT2D eigenvalue weighted by molar-refractivity contribution is 5.52. The van der Waals surface area contributed by atoms with E-state index in [1.165, 1.54) is 5.56 Å². The molecule has 0 bridgehead atoms. The van der Waals surface area contributed by atoms with Gasteiger partial charge in [0, 0.05) is 23.3 Å². The fraction of sp³-hybridized carbons (Fsp3) is 0.294. The molecule has 21 heavy (non-hydrogen) atoms. The summed E-state index contributed by atoms with van der Waals surface area (Å²) in [4.78, 5) is 0. The van der Waals surface area contributed by atoms with Gasteiger partial charge < -0.3 is 18.9 Å². The lowest BCUT2D eigenvalue weighted by atomic mass is 9.89. The molecule has 0 saturated carbocycles. The summed E-state index contributed by atoms with van der Waals surface area (Å²) in [6.07, 6.45) is 0.00163. The van der Waals surface area contributed by atoms with Gasteiger partial charge in [0.05, 0.1) is 26.7 Å². The number of methoxy groups -OCH3 is 2. The van der Waals surface area contributed by atoms with Crippen LogP contribution in [0, 0.1) is 0 Å². The van der Waals surface area contributed by atoms with Crippen molar-refractivity contribution in [2.24, 2.45) is 0 Å². The van der Waals surface area contributed by atoms with Crippen molar-refractivity contribution in [3.05, 3.63) is 47.5 Å². The lowest BCUT2D eigenvalue weighted by Gasteiger charge is -2.28. The number of benzene rings is 2. The van der Waals surface area contributed by atoms with Crippen molar-refractivity contribution in [2.45, 2.75) is 12.0 Å². The molecule has 0 radical (unpaired) electrons. The Morgan fingerprint density at radius 2 is 1.57 bits per heavy atom.